The van der Waals surface area contributed by atoms with Gasteiger partial charge >= 0.3 is 0 Å². The molecule has 2 aromatic carbocycles. The van der Waals surface area contributed by atoms with E-state index in [0.717, 1.165) is 22.4 Å². The van der Waals surface area contributed by atoms with E-state index in [1.807, 2.05) is 30.3 Å². The first-order valence-corrected chi connectivity index (χ1v) is 8.58. The van der Waals surface area contributed by atoms with Crippen molar-refractivity contribution < 1.29 is 9.13 Å². The van der Waals surface area contributed by atoms with Crippen LogP contribution in [0.3, 0.4) is 0 Å². The van der Waals surface area contributed by atoms with Crippen LogP contribution in [0.5, 0.6) is 0 Å². The zero-order valence-corrected chi connectivity index (χ0v) is 14.8. The minimum atomic E-state index is -0.288. The third-order valence-corrected chi connectivity index (χ3v) is 4.39. The molecular formula is C21H18FN3O2. The van der Waals surface area contributed by atoms with Crippen LogP contribution in [0.1, 0.15) is 17.0 Å². The Morgan fingerprint density at radius 3 is 2.56 bits per heavy atom. The molecule has 1 N–H and O–H groups in total. The second-order valence-corrected chi connectivity index (χ2v) is 6.31. The van der Waals surface area contributed by atoms with Gasteiger partial charge in [-0.25, -0.2) is 13.9 Å². The highest BCUT2D eigenvalue weighted by Gasteiger charge is 2.17. The van der Waals surface area contributed by atoms with Crippen LogP contribution in [0.15, 0.2) is 65.5 Å². The number of benzene rings is 2. The fraction of sp³-hybridized carbons (Fsp3) is 0.143. The summed E-state index contributed by atoms with van der Waals surface area (Å²) in [4.78, 5) is 17.4. The van der Waals surface area contributed by atoms with Crippen molar-refractivity contribution in [2.24, 2.45) is 0 Å². The van der Waals surface area contributed by atoms with Crippen LogP contribution < -0.4 is 5.56 Å². The quantitative estimate of drug-likeness (QED) is 0.590. The van der Waals surface area contributed by atoms with Crippen molar-refractivity contribution in [3.63, 3.8) is 0 Å². The van der Waals surface area contributed by atoms with E-state index in [1.165, 1.54) is 22.7 Å². The van der Waals surface area contributed by atoms with Crippen LogP contribution in [0, 0.1) is 5.82 Å². The zero-order chi connectivity index (χ0) is 18.8. The molecule has 0 aliphatic carbocycles. The minimum absolute atomic E-state index is 0.198. The first-order valence-electron chi connectivity index (χ1n) is 8.58. The van der Waals surface area contributed by atoms with E-state index in [2.05, 4.69) is 5.10 Å². The maximum absolute atomic E-state index is 13.1. The number of aromatic nitrogens is 3. The maximum Gasteiger partial charge on any atom is 0.272 e. The molecule has 0 unspecified atom stereocenters. The molecule has 0 aliphatic rings. The molecule has 0 bridgehead atoms. The summed E-state index contributed by atoms with van der Waals surface area (Å²) in [5.74, 6) is -0.288. The summed E-state index contributed by atoms with van der Waals surface area (Å²) in [5, 5.41) is 3.10. The molecule has 0 saturated heterocycles. The summed E-state index contributed by atoms with van der Waals surface area (Å²) in [5.41, 5.74) is 4.46. The Labute approximate surface area is 155 Å². The third kappa shape index (κ3) is 3.39. The topological polar surface area (TPSA) is 59.4 Å². The van der Waals surface area contributed by atoms with Gasteiger partial charge in [0.05, 0.1) is 18.0 Å². The lowest BCUT2D eigenvalue weighted by Crippen LogP contribution is -2.16. The molecule has 6 heteroatoms. The number of fused-ring (bicyclic) bond motifs is 1. The van der Waals surface area contributed by atoms with E-state index in [1.54, 1.807) is 19.2 Å². The molecule has 0 atom stereocenters. The van der Waals surface area contributed by atoms with Crippen molar-refractivity contribution in [1.29, 1.82) is 0 Å². The average molecular weight is 363 g/mol. The number of ether oxygens (including phenoxy) is 1. The molecule has 0 aliphatic heterocycles. The van der Waals surface area contributed by atoms with Crippen LogP contribution in [0.2, 0.25) is 0 Å². The molecule has 0 saturated carbocycles. The molecule has 5 nitrogen and oxygen atoms in total. The first-order chi connectivity index (χ1) is 13.2. The van der Waals surface area contributed by atoms with Crippen molar-refractivity contribution in [2.45, 2.75) is 13.0 Å². The molecule has 136 valence electrons. The lowest BCUT2D eigenvalue weighted by Gasteiger charge is -2.04. The fourth-order valence-electron chi connectivity index (χ4n) is 3.19. The van der Waals surface area contributed by atoms with Gasteiger partial charge < -0.3 is 4.74 Å². The Bertz CT molecular complexity index is 1130. The van der Waals surface area contributed by atoms with Crippen LogP contribution in [-0.4, -0.2) is 21.7 Å². The molecule has 2 heterocycles. The Hall–Kier alpha value is -3.25. The number of methoxy groups -OCH3 is 1. The monoisotopic (exact) mass is 363 g/mol. The molecule has 27 heavy (non-hydrogen) atoms. The first kappa shape index (κ1) is 17.2. The lowest BCUT2D eigenvalue weighted by molar-refractivity contribution is 0.181. The average Bonchev–Trinajstić information content (AvgIpc) is 3.03. The van der Waals surface area contributed by atoms with Gasteiger partial charge in [-0.05, 0) is 23.3 Å². The standard InChI is InChI=1S/C21H18FN3O2/c1-27-13-18-20(15-5-3-2-4-6-15)21-23-17(12-19(26)25(21)24-18)11-14-7-9-16(22)10-8-14/h2-10,12,24H,11,13H2,1H3. The van der Waals surface area contributed by atoms with E-state index < -0.39 is 0 Å². The van der Waals surface area contributed by atoms with Gasteiger partial charge in [0.1, 0.15) is 5.82 Å². The fourth-order valence-corrected chi connectivity index (χ4v) is 3.19. The summed E-state index contributed by atoms with van der Waals surface area (Å²) < 4.78 is 19.9. The van der Waals surface area contributed by atoms with E-state index in [-0.39, 0.29) is 11.4 Å². The Balaban J connectivity index is 1.87. The van der Waals surface area contributed by atoms with Gasteiger partial charge in [-0.2, -0.15) is 0 Å². The SMILES string of the molecule is COCc1[nH]n2c(=O)cc(Cc3ccc(F)cc3)nc2c1-c1ccccc1. The Kier molecular flexibility index (Phi) is 4.56. The van der Waals surface area contributed by atoms with E-state index in [9.17, 15) is 9.18 Å². The number of rotatable bonds is 5. The van der Waals surface area contributed by atoms with Gasteiger partial charge in [0.2, 0.25) is 0 Å². The smallest absolute Gasteiger partial charge is 0.272 e. The normalized spacial score (nSPS) is 11.2. The van der Waals surface area contributed by atoms with Crippen LogP contribution in [-0.2, 0) is 17.8 Å². The van der Waals surface area contributed by atoms with Gasteiger partial charge in [0, 0.05) is 25.2 Å². The van der Waals surface area contributed by atoms with Crippen molar-refractivity contribution in [3.8, 4) is 11.1 Å². The van der Waals surface area contributed by atoms with Gasteiger partial charge in [0.15, 0.2) is 5.65 Å². The maximum atomic E-state index is 13.1. The minimum Gasteiger partial charge on any atom is -0.378 e. The number of halogens is 1. The summed E-state index contributed by atoms with van der Waals surface area (Å²) in [6.45, 7) is 0.334. The summed E-state index contributed by atoms with van der Waals surface area (Å²) in [6, 6.07) is 17.5. The molecular weight excluding hydrogens is 345 g/mol. The summed E-state index contributed by atoms with van der Waals surface area (Å²) in [6.07, 6.45) is 0.449. The predicted molar refractivity (Wildman–Crippen MR) is 101 cm³/mol. The molecule has 2 aromatic heterocycles. The molecule has 4 aromatic rings. The van der Waals surface area contributed by atoms with Gasteiger partial charge in [-0.15, -0.1) is 0 Å². The van der Waals surface area contributed by atoms with Crippen molar-refractivity contribution in [3.05, 3.63) is 93.8 Å². The molecule has 4 rings (SSSR count). The molecule has 0 amide bonds. The molecule has 0 spiro atoms. The zero-order valence-electron chi connectivity index (χ0n) is 14.8. The lowest BCUT2D eigenvalue weighted by atomic mass is 10.1. The Morgan fingerprint density at radius 2 is 1.85 bits per heavy atom. The predicted octanol–water partition coefficient (Wildman–Crippen LogP) is 3.57. The van der Waals surface area contributed by atoms with Crippen LogP contribution in [0.25, 0.3) is 16.8 Å². The summed E-state index contributed by atoms with van der Waals surface area (Å²) in [7, 11) is 1.61. The number of nitrogens with zero attached hydrogens (tertiary/aromatic N) is 2. The van der Waals surface area contributed by atoms with Crippen LogP contribution in [0.4, 0.5) is 4.39 Å². The third-order valence-electron chi connectivity index (χ3n) is 4.39. The van der Waals surface area contributed by atoms with Crippen LogP contribution >= 0.6 is 0 Å². The number of aromatic amines is 1. The summed E-state index contributed by atoms with van der Waals surface area (Å²) >= 11 is 0. The van der Waals surface area contributed by atoms with Gasteiger partial charge in [0.25, 0.3) is 5.56 Å². The molecule has 0 radical (unpaired) electrons. The number of H-pyrrole nitrogens is 1. The van der Waals surface area contributed by atoms with Crippen molar-refractivity contribution in [2.75, 3.05) is 7.11 Å². The van der Waals surface area contributed by atoms with E-state index in [0.29, 0.717) is 24.4 Å². The van der Waals surface area contributed by atoms with Crippen molar-refractivity contribution >= 4 is 5.65 Å². The van der Waals surface area contributed by atoms with E-state index in [4.69, 9.17) is 9.72 Å². The van der Waals surface area contributed by atoms with Gasteiger partial charge in [-0.3, -0.25) is 9.89 Å². The van der Waals surface area contributed by atoms with Gasteiger partial charge in [-0.1, -0.05) is 42.5 Å². The number of hydrogen-bond acceptors (Lipinski definition) is 3. The second-order valence-electron chi connectivity index (χ2n) is 6.31. The number of nitrogens with one attached hydrogen (secondary N) is 1. The van der Waals surface area contributed by atoms with E-state index >= 15 is 0 Å². The second kappa shape index (κ2) is 7.17. The van der Waals surface area contributed by atoms with Crippen molar-refractivity contribution in [1.82, 2.24) is 14.6 Å². The highest BCUT2D eigenvalue weighted by Crippen LogP contribution is 2.27. The molecule has 0 fully saturated rings. The Morgan fingerprint density at radius 1 is 1.11 bits per heavy atom. The number of hydrogen-bond donors (Lipinski definition) is 1. The largest absolute Gasteiger partial charge is 0.378 e. The highest BCUT2D eigenvalue weighted by atomic mass is 19.1. The highest BCUT2D eigenvalue weighted by molar-refractivity contribution is 5.79.